The van der Waals surface area contributed by atoms with Gasteiger partial charge in [-0.1, -0.05) is 18.2 Å². The third kappa shape index (κ3) is 6.15. The summed E-state index contributed by atoms with van der Waals surface area (Å²) in [5.74, 6) is 2.62. The van der Waals surface area contributed by atoms with Crippen molar-refractivity contribution in [2.75, 3.05) is 50.7 Å². The second-order valence-corrected chi connectivity index (χ2v) is 9.33. The summed E-state index contributed by atoms with van der Waals surface area (Å²) in [6.07, 6.45) is 7.87. The van der Waals surface area contributed by atoms with Gasteiger partial charge in [0.25, 0.3) is 0 Å². The molecule has 0 spiro atoms. The number of piperidine rings is 1. The maximum absolute atomic E-state index is 5.54. The first-order valence-corrected chi connectivity index (χ1v) is 12.6. The number of anilines is 2. The maximum Gasteiger partial charge on any atom is 0.130 e. The number of para-hydroxylation sites is 1. The van der Waals surface area contributed by atoms with Gasteiger partial charge >= 0.3 is 0 Å². The minimum absolute atomic E-state index is 0.242. The molecule has 8 heteroatoms. The van der Waals surface area contributed by atoms with Gasteiger partial charge in [-0.2, -0.15) is 11.8 Å². The number of ether oxygens (including phenoxy) is 1. The van der Waals surface area contributed by atoms with Gasteiger partial charge in [-0.15, -0.1) is 0 Å². The molecule has 0 amide bonds. The summed E-state index contributed by atoms with van der Waals surface area (Å²) in [4.78, 5) is 15.9. The Labute approximate surface area is 200 Å². The number of hydrogen-bond donors (Lipinski definition) is 2. The lowest BCUT2D eigenvalue weighted by Gasteiger charge is -2.29. The molecule has 1 aliphatic heterocycles. The van der Waals surface area contributed by atoms with Crippen LogP contribution in [0.2, 0.25) is 0 Å². The van der Waals surface area contributed by atoms with Gasteiger partial charge in [-0.05, 0) is 57.4 Å². The van der Waals surface area contributed by atoms with E-state index in [0.29, 0.717) is 6.04 Å². The Balaban J connectivity index is 1.39. The summed E-state index contributed by atoms with van der Waals surface area (Å²) >= 11 is 1.78. The number of aromatic nitrogens is 3. The molecule has 1 unspecified atom stereocenters. The summed E-state index contributed by atoms with van der Waals surface area (Å²) in [6.45, 7) is 2.98. The lowest BCUT2D eigenvalue weighted by molar-refractivity contribution is 0.263. The van der Waals surface area contributed by atoms with Crippen molar-refractivity contribution in [3.05, 3.63) is 60.6 Å². The quantitative estimate of drug-likeness (QED) is 0.477. The predicted octanol–water partition coefficient (Wildman–Crippen LogP) is 4.57. The van der Waals surface area contributed by atoms with Crippen LogP contribution in [0.25, 0.3) is 11.3 Å². The van der Waals surface area contributed by atoms with E-state index in [1.54, 1.807) is 25.2 Å². The minimum atomic E-state index is 0.242. The topological polar surface area (TPSA) is 75.2 Å². The van der Waals surface area contributed by atoms with E-state index in [1.165, 1.54) is 5.56 Å². The van der Waals surface area contributed by atoms with Gasteiger partial charge in [0.05, 0.1) is 18.1 Å². The maximum atomic E-state index is 5.54. The fourth-order valence-electron chi connectivity index (χ4n) is 4.05. The molecule has 1 fully saturated rings. The molecule has 0 aliphatic carbocycles. The Hall–Kier alpha value is -2.84. The zero-order chi connectivity index (χ0) is 23.0. The molecular weight excluding hydrogens is 432 g/mol. The first-order chi connectivity index (χ1) is 16.2. The lowest BCUT2D eigenvalue weighted by atomic mass is 10.1. The van der Waals surface area contributed by atoms with Gasteiger partial charge in [0, 0.05) is 36.0 Å². The van der Waals surface area contributed by atoms with Crippen molar-refractivity contribution in [1.82, 2.24) is 19.9 Å². The van der Waals surface area contributed by atoms with Gasteiger partial charge in [0.15, 0.2) is 0 Å². The molecule has 1 aliphatic rings. The third-order valence-electron chi connectivity index (χ3n) is 6.04. The Morgan fingerprint density at radius 1 is 1.09 bits per heavy atom. The molecule has 7 nitrogen and oxygen atoms in total. The predicted molar refractivity (Wildman–Crippen MR) is 137 cm³/mol. The van der Waals surface area contributed by atoms with Crippen LogP contribution in [-0.2, 0) is 0 Å². The van der Waals surface area contributed by atoms with E-state index >= 15 is 0 Å². The van der Waals surface area contributed by atoms with Crippen molar-refractivity contribution in [3.8, 4) is 17.0 Å². The average molecular weight is 465 g/mol. The fraction of sp³-hybridized carbons (Fsp3) is 0.400. The van der Waals surface area contributed by atoms with Gasteiger partial charge < -0.3 is 20.3 Å². The standard InChI is InChI=1S/C25H32N6OS/c1-31-12-10-19(11-13-31)30-24-9-8-18(15-26-24)21-14-25(29-17-28-21)27-16-23(33-3)20-6-4-5-7-22(20)32-2/h4-9,14-15,17,19,23H,10-13,16H2,1-3H3,(H,26,30)(H,27,28,29). The summed E-state index contributed by atoms with van der Waals surface area (Å²) in [7, 11) is 3.89. The number of methoxy groups -OCH3 is 1. The second kappa shape index (κ2) is 11.3. The van der Waals surface area contributed by atoms with Crippen molar-refractivity contribution < 1.29 is 4.74 Å². The molecule has 1 aromatic carbocycles. The van der Waals surface area contributed by atoms with E-state index in [9.17, 15) is 0 Å². The molecule has 33 heavy (non-hydrogen) atoms. The molecule has 0 radical (unpaired) electrons. The molecule has 1 atom stereocenters. The van der Waals surface area contributed by atoms with E-state index in [1.807, 2.05) is 36.5 Å². The summed E-state index contributed by atoms with van der Waals surface area (Å²) in [5.41, 5.74) is 3.00. The van der Waals surface area contributed by atoms with Crippen LogP contribution in [0.4, 0.5) is 11.6 Å². The van der Waals surface area contributed by atoms with Crippen molar-refractivity contribution in [3.63, 3.8) is 0 Å². The highest BCUT2D eigenvalue weighted by molar-refractivity contribution is 7.98. The summed E-state index contributed by atoms with van der Waals surface area (Å²) < 4.78 is 5.54. The number of rotatable bonds is 9. The normalized spacial score (nSPS) is 15.7. The first kappa shape index (κ1) is 23.3. The smallest absolute Gasteiger partial charge is 0.130 e. The van der Waals surface area contributed by atoms with E-state index in [2.05, 4.69) is 55.9 Å². The lowest BCUT2D eigenvalue weighted by Crippen LogP contribution is -2.36. The highest BCUT2D eigenvalue weighted by atomic mass is 32.2. The van der Waals surface area contributed by atoms with Crippen molar-refractivity contribution in [2.45, 2.75) is 24.1 Å². The molecule has 2 N–H and O–H groups in total. The Morgan fingerprint density at radius 3 is 2.64 bits per heavy atom. The molecule has 4 rings (SSSR count). The largest absolute Gasteiger partial charge is 0.496 e. The Morgan fingerprint density at radius 2 is 1.91 bits per heavy atom. The van der Waals surface area contributed by atoms with Crippen LogP contribution in [0.5, 0.6) is 5.75 Å². The van der Waals surface area contributed by atoms with Crippen LogP contribution in [0.1, 0.15) is 23.7 Å². The SMILES string of the molecule is COc1ccccc1C(CNc1cc(-c2ccc(NC3CCN(C)CC3)nc2)ncn1)SC. The van der Waals surface area contributed by atoms with E-state index in [4.69, 9.17) is 4.74 Å². The van der Waals surface area contributed by atoms with Gasteiger partial charge in [0.1, 0.15) is 23.7 Å². The second-order valence-electron chi connectivity index (χ2n) is 8.29. The van der Waals surface area contributed by atoms with Gasteiger partial charge in [0.2, 0.25) is 0 Å². The zero-order valence-corrected chi connectivity index (χ0v) is 20.3. The number of thioether (sulfide) groups is 1. The zero-order valence-electron chi connectivity index (χ0n) is 19.5. The summed E-state index contributed by atoms with van der Waals surface area (Å²) in [6, 6.07) is 14.7. The van der Waals surface area contributed by atoms with Gasteiger partial charge in [-0.25, -0.2) is 15.0 Å². The van der Waals surface area contributed by atoms with Crippen molar-refractivity contribution >= 4 is 23.4 Å². The van der Waals surface area contributed by atoms with Crippen LogP contribution in [0.3, 0.4) is 0 Å². The Kier molecular flexibility index (Phi) is 8.01. The highest BCUT2D eigenvalue weighted by Gasteiger charge is 2.17. The Bertz CT molecular complexity index is 1020. The van der Waals surface area contributed by atoms with E-state index in [-0.39, 0.29) is 5.25 Å². The molecule has 3 heterocycles. The molecule has 1 saturated heterocycles. The number of nitrogens with zero attached hydrogens (tertiary/aromatic N) is 4. The summed E-state index contributed by atoms with van der Waals surface area (Å²) in [5, 5.41) is 7.26. The van der Waals surface area contributed by atoms with E-state index < -0.39 is 0 Å². The number of benzene rings is 1. The molecule has 174 valence electrons. The van der Waals surface area contributed by atoms with Crippen molar-refractivity contribution in [1.29, 1.82) is 0 Å². The van der Waals surface area contributed by atoms with Crippen molar-refractivity contribution in [2.24, 2.45) is 0 Å². The number of pyridine rings is 1. The van der Waals surface area contributed by atoms with Crippen LogP contribution >= 0.6 is 11.8 Å². The van der Waals surface area contributed by atoms with Crippen LogP contribution in [0, 0.1) is 0 Å². The molecule has 0 bridgehead atoms. The number of nitrogens with one attached hydrogen (secondary N) is 2. The van der Waals surface area contributed by atoms with Crippen LogP contribution in [0.15, 0.2) is 55.0 Å². The molecule has 3 aromatic rings. The molecular formula is C25H32N6OS. The number of likely N-dealkylation sites (tertiary alicyclic amines) is 1. The van der Waals surface area contributed by atoms with Gasteiger partial charge in [-0.3, -0.25) is 0 Å². The number of hydrogen-bond acceptors (Lipinski definition) is 8. The van der Waals surface area contributed by atoms with E-state index in [0.717, 1.165) is 61.1 Å². The average Bonchev–Trinajstić information content (AvgIpc) is 2.87. The minimum Gasteiger partial charge on any atom is -0.496 e. The molecule has 2 aromatic heterocycles. The first-order valence-electron chi connectivity index (χ1n) is 11.3. The van der Waals surface area contributed by atoms with Crippen LogP contribution in [-0.4, -0.2) is 65.9 Å². The third-order valence-corrected chi connectivity index (χ3v) is 7.03. The highest BCUT2D eigenvalue weighted by Crippen LogP contribution is 2.33. The fourth-order valence-corrected chi connectivity index (χ4v) is 4.75. The monoisotopic (exact) mass is 464 g/mol. The molecule has 0 saturated carbocycles. The van der Waals surface area contributed by atoms with Crippen LogP contribution < -0.4 is 15.4 Å².